The molecule has 0 unspecified atom stereocenters. The number of aromatic nitrogens is 1. The fraction of sp³-hybridized carbons (Fsp3) is 0.286. The Morgan fingerprint density at radius 3 is 2.64 bits per heavy atom. The molecule has 2 amide bonds. The lowest BCUT2D eigenvalue weighted by Crippen LogP contribution is -2.33. The molecule has 0 aliphatic rings. The molecule has 28 heavy (non-hydrogen) atoms. The number of fused-ring (bicyclic) bond motifs is 1. The van der Waals surface area contributed by atoms with Gasteiger partial charge >= 0.3 is 0 Å². The first-order valence-corrected chi connectivity index (χ1v) is 9.97. The van der Waals surface area contributed by atoms with Crippen molar-refractivity contribution >= 4 is 38.5 Å². The smallest absolute Gasteiger partial charge is 0.224 e. The van der Waals surface area contributed by atoms with Crippen molar-refractivity contribution in [3.05, 3.63) is 59.7 Å². The van der Waals surface area contributed by atoms with E-state index in [4.69, 9.17) is 0 Å². The molecular formula is C21H24N4O2S. The molecule has 0 fully saturated rings. The molecule has 0 bridgehead atoms. The lowest BCUT2D eigenvalue weighted by molar-refractivity contribution is -0.120. The first-order valence-electron chi connectivity index (χ1n) is 9.16. The van der Waals surface area contributed by atoms with Crippen LogP contribution in [-0.2, 0) is 22.6 Å². The zero-order chi connectivity index (χ0) is 19.9. The summed E-state index contributed by atoms with van der Waals surface area (Å²) in [5.74, 6) is -0.144. The number of anilines is 1. The van der Waals surface area contributed by atoms with Crippen molar-refractivity contribution in [3.8, 4) is 0 Å². The lowest BCUT2D eigenvalue weighted by Gasteiger charge is -2.17. The highest BCUT2D eigenvalue weighted by Crippen LogP contribution is 2.26. The maximum Gasteiger partial charge on any atom is 0.224 e. The van der Waals surface area contributed by atoms with Gasteiger partial charge in [-0.25, -0.2) is 4.98 Å². The Hall–Kier alpha value is -2.77. The van der Waals surface area contributed by atoms with Gasteiger partial charge in [0.15, 0.2) is 5.13 Å². The quantitative estimate of drug-likeness (QED) is 0.614. The third-order valence-corrected chi connectivity index (χ3v) is 5.15. The summed E-state index contributed by atoms with van der Waals surface area (Å²) in [5, 5.41) is 6.25. The highest BCUT2D eigenvalue weighted by Gasteiger charge is 2.09. The molecule has 0 radical (unpaired) electrons. The molecule has 7 heteroatoms. The fourth-order valence-corrected chi connectivity index (χ4v) is 3.87. The summed E-state index contributed by atoms with van der Waals surface area (Å²) in [5.41, 5.74) is 3.01. The molecular weight excluding hydrogens is 372 g/mol. The Labute approximate surface area is 168 Å². The number of rotatable bonds is 8. The number of carbonyl (C=O) groups excluding carboxylic acids is 2. The minimum atomic E-state index is -0.143. The molecule has 0 saturated heterocycles. The zero-order valence-corrected chi connectivity index (χ0v) is 16.9. The van der Waals surface area contributed by atoms with Crippen molar-refractivity contribution < 1.29 is 9.59 Å². The van der Waals surface area contributed by atoms with E-state index in [-0.39, 0.29) is 11.8 Å². The van der Waals surface area contributed by atoms with E-state index in [1.54, 1.807) is 0 Å². The molecule has 0 saturated carbocycles. The van der Waals surface area contributed by atoms with Gasteiger partial charge in [-0.2, -0.15) is 0 Å². The van der Waals surface area contributed by atoms with Crippen LogP contribution in [0.25, 0.3) is 10.2 Å². The van der Waals surface area contributed by atoms with Gasteiger partial charge in [-0.15, -0.1) is 0 Å². The van der Waals surface area contributed by atoms with E-state index in [9.17, 15) is 9.59 Å². The monoisotopic (exact) mass is 396 g/mol. The van der Waals surface area contributed by atoms with Crippen LogP contribution >= 0.6 is 11.3 Å². The number of hydrogen-bond donors (Lipinski definition) is 2. The van der Waals surface area contributed by atoms with Crippen LogP contribution < -0.4 is 10.6 Å². The molecule has 3 rings (SSSR count). The van der Waals surface area contributed by atoms with E-state index in [1.807, 2.05) is 43.4 Å². The average Bonchev–Trinajstić information content (AvgIpc) is 3.03. The Morgan fingerprint density at radius 2 is 1.89 bits per heavy atom. The topological polar surface area (TPSA) is 74.3 Å². The van der Waals surface area contributed by atoms with E-state index in [2.05, 4.69) is 32.7 Å². The van der Waals surface area contributed by atoms with E-state index >= 15 is 0 Å². The first kappa shape index (κ1) is 20.0. The van der Waals surface area contributed by atoms with Crippen molar-refractivity contribution in [2.75, 3.05) is 25.5 Å². The molecule has 3 aromatic rings. The molecule has 0 aliphatic heterocycles. The second kappa shape index (κ2) is 9.43. The number of benzene rings is 2. The number of hydrogen-bond acceptors (Lipinski definition) is 5. The molecule has 0 atom stereocenters. The van der Waals surface area contributed by atoms with Crippen LogP contribution in [0.15, 0.2) is 48.5 Å². The van der Waals surface area contributed by atoms with Gasteiger partial charge in [0.05, 0.1) is 16.6 Å². The highest BCUT2D eigenvalue weighted by molar-refractivity contribution is 7.22. The molecule has 1 aromatic heterocycles. The van der Waals surface area contributed by atoms with Gasteiger partial charge in [0.2, 0.25) is 11.8 Å². The van der Waals surface area contributed by atoms with Crippen molar-refractivity contribution in [1.29, 1.82) is 0 Å². The van der Waals surface area contributed by atoms with Crippen LogP contribution in [0, 0.1) is 0 Å². The van der Waals surface area contributed by atoms with Crippen LogP contribution in [0.3, 0.4) is 0 Å². The second-order valence-electron chi connectivity index (χ2n) is 6.75. The number of nitrogens with one attached hydrogen (secondary N) is 2. The molecule has 2 N–H and O–H groups in total. The van der Waals surface area contributed by atoms with Gasteiger partial charge in [0, 0.05) is 26.6 Å². The van der Waals surface area contributed by atoms with Crippen LogP contribution in [-0.4, -0.2) is 41.8 Å². The third kappa shape index (κ3) is 5.87. The lowest BCUT2D eigenvalue weighted by atomic mass is 10.1. The summed E-state index contributed by atoms with van der Waals surface area (Å²) in [7, 11) is 2.05. The Bertz CT molecular complexity index is 955. The van der Waals surface area contributed by atoms with Crippen LogP contribution in [0.1, 0.15) is 18.1 Å². The van der Waals surface area contributed by atoms with Crippen molar-refractivity contribution in [2.45, 2.75) is 19.9 Å². The number of carbonyl (C=O) groups is 2. The predicted octanol–water partition coefficient (Wildman–Crippen LogP) is 3.05. The summed E-state index contributed by atoms with van der Waals surface area (Å²) in [4.78, 5) is 29.9. The standard InChI is InChI=1S/C21H24N4O2S/c1-15(26)23-21-24-18-9-8-17(12-19(18)28-21)13-20(27)22-10-11-25(2)14-16-6-4-3-5-7-16/h3-9,12H,10-11,13-14H2,1-2H3,(H,22,27)(H,23,24,26). The minimum absolute atomic E-state index is 0.000870. The summed E-state index contributed by atoms with van der Waals surface area (Å²) in [6.45, 7) is 3.71. The second-order valence-corrected chi connectivity index (χ2v) is 7.78. The summed E-state index contributed by atoms with van der Waals surface area (Å²) in [6, 6.07) is 16.0. The summed E-state index contributed by atoms with van der Waals surface area (Å²) in [6.07, 6.45) is 0.325. The largest absolute Gasteiger partial charge is 0.355 e. The van der Waals surface area contributed by atoms with Gasteiger partial charge in [0.25, 0.3) is 0 Å². The van der Waals surface area contributed by atoms with Gasteiger partial charge in [-0.3, -0.25) is 9.59 Å². The van der Waals surface area contributed by atoms with Crippen molar-refractivity contribution in [1.82, 2.24) is 15.2 Å². The van der Waals surface area contributed by atoms with E-state index in [0.29, 0.717) is 18.1 Å². The molecule has 6 nitrogen and oxygen atoms in total. The summed E-state index contributed by atoms with van der Waals surface area (Å²) >= 11 is 1.41. The van der Waals surface area contributed by atoms with Gasteiger partial charge < -0.3 is 15.5 Å². The number of nitrogens with zero attached hydrogens (tertiary/aromatic N) is 2. The highest BCUT2D eigenvalue weighted by atomic mass is 32.1. The minimum Gasteiger partial charge on any atom is -0.355 e. The molecule has 146 valence electrons. The first-order chi connectivity index (χ1) is 13.5. The fourth-order valence-electron chi connectivity index (χ4n) is 2.89. The molecule has 0 spiro atoms. The van der Waals surface area contributed by atoms with E-state index in [0.717, 1.165) is 28.9 Å². The SMILES string of the molecule is CC(=O)Nc1nc2ccc(CC(=O)NCCN(C)Cc3ccccc3)cc2s1. The van der Waals surface area contributed by atoms with Crippen LogP contribution in [0.2, 0.25) is 0 Å². The average molecular weight is 397 g/mol. The number of amides is 2. The Balaban J connectivity index is 1.47. The van der Waals surface area contributed by atoms with E-state index in [1.165, 1.54) is 23.8 Å². The van der Waals surface area contributed by atoms with Gasteiger partial charge in [0.1, 0.15) is 0 Å². The van der Waals surface area contributed by atoms with Crippen molar-refractivity contribution in [2.24, 2.45) is 0 Å². The van der Waals surface area contributed by atoms with Gasteiger partial charge in [-0.05, 0) is 30.3 Å². The molecule has 1 heterocycles. The number of likely N-dealkylation sites (N-methyl/N-ethyl adjacent to an activating group) is 1. The normalized spacial score (nSPS) is 11.0. The van der Waals surface area contributed by atoms with Crippen LogP contribution in [0.5, 0.6) is 0 Å². The van der Waals surface area contributed by atoms with E-state index < -0.39 is 0 Å². The number of thiazole rings is 1. The maximum atomic E-state index is 12.2. The van der Waals surface area contributed by atoms with Gasteiger partial charge in [-0.1, -0.05) is 47.7 Å². The molecule has 0 aliphatic carbocycles. The summed E-state index contributed by atoms with van der Waals surface area (Å²) < 4.78 is 0.955. The van der Waals surface area contributed by atoms with Crippen LogP contribution in [0.4, 0.5) is 5.13 Å². The Morgan fingerprint density at radius 1 is 1.11 bits per heavy atom. The zero-order valence-electron chi connectivity index (χ0n) is 16.1. The van der Waals surface area contributed by atoms with Crippen molar-refractivity contribution in [3.63, 3.8) is 0 Å². The molecule has 2 aromatic carbocycles. The third-order valence-electron chi connectivity index (χ3n) is 4.21. The Kier molecular flexibility index (Phi) is 6.73. The predicted molar refractivity (Wildman–Crippen MR) is 113 cm³/mol. The maximum absolute atomic E-state index is 12.2.